The predicted octanol–water partition coefficient (Wildman–Crippen LogP) is 3.05. The van der Waals surface area contributed by atoms with Crippen LogP contribution in [0, 0.1) is 19.7 Å². The van der Waals surface area contributed by atoms with Gasteiger partial charge in [-0.2, -0.15) is 0 Å². The van der Waals surface area contributed by atoms with E-state index >= 15 is 0 Å². The molecule has 2 saturated heterocycles. The van der Waals surface area contributed by atoms with Gasteiger partial charge in [0.25, 0.3) is 0 Å². The second kappa shape index (κ2) is 6.34. The van der Waals surface area contributed by atoms with Crippen LogP contribution in [0.5, 0.6) is 0 Å². The summed E-state index contributed by atoms with van der Waals surface area (Å²) >= 11 is 0. The first-order chi connectivity index (χ1) is 12.7. The number of nitrogens with zero attached hydrogens (tertiary/aromatic N) is 2. The van der Waals surface area contributed by atoms with Crippen LogP contribution in [0.2, 0.25) is 0 Å². The van der Waals surface area contributed by atoms with E-state index in [0.29, 0.717) is 0 Å². The van der Waals surface area contributed by atoms with Gasteiger partial charge >= 0.3 is 6.03 Å². The second-order valence-corrected chi connectivity index (χ2v) is 9.62. The smallest absolute Gasteiger partial charge is 0.314 e. The van der Waals surface area contributed by atoms with Gasteiger partial charge in [0.05, 0.1) is 23.6 Å². The molecular formula is C20H21FN2O3S. The molecule has 2 heterocycles. The van der Waals surface area contributed by atoms with Gasteiger partial charge in [0.1, 0.15) is 5.82 Å². The van der Waals surface area contributed by atoms with Gasteiger partial charge in [-0.3, -0.25) is 4.90 Å². The molecule has 0 bridgehead atoms. The summed E-state index contributed by atoms with van der Waals surface area (Å²) < 4.78 is 37.8. The SMILES string of the molecule is Cc1cc(C)cc(N2C(=O)N(Cc3ccc(F)cc3)[C@H]3CS(=O)(=O)C[C@@H]32)c1. The summed E-state index contributed by atoms with van der Waals surface area (Å²) in [7, 11) is -3.22. The lowest BCUT2D eigenvalue weighted by atomic mass is 10.1. The maximum absolute atomic E-state index is 13.2. The molecule has 142 valence electrons. The number of hydrogen-bond donors (Lipinski definition) is 0. The zero-order chi connectivity index (χ0) is 19.3. The first-order valence-corrected chi connectivity index (χ1v) is 10.7. The van der Waals surface area contributed by atoms with E-state index < -0.39 is 21.9 Å². The van der Waals surface area contributed by atoms with E-state index in [1.54, 1.807) is 21.9 Å². The summed E-state index contributed by atoms with van der Waals surface area (Å²) in [5.74, 6) is -0.410. The molecule has 2 aliphatic heterocycles. The van der Waals surface area contributed by atoms with E-state index in [2.05, 4.69) is 0 Å². The lowest BCUT2D eigenvalue weighted by Crippen LogP contribution is -2.37. The average Bonchev–Trinajstić information content (AvgIpc) is 2.99. The van der Waals surface area contributed by atoms with Crippen LogP contribution in [-0.4, -0.2) is 42.9 Å². The minimum absolute atomic E-state index is 0.0314. The molecule has 2 fully saturated rings. The Morgan fingerprint density at radius 2 is 1.59 bits per heavy atom. The van der Waals surface area contributed by atoms with Crippen molar-refractivity contribution in [3.8, 4) is 0 Å². The Morgan fingerprint density at radius 1 is 1.00 bits per heavy atom. The summed E-state index contributed by atoms with van der Waals surface area (Å²) in [5, 5.41) is 0. The van der Waals surface area contributed by atoms with Crippen molar-refractivity contribution < 1.29 is 17.6 Å². The predicted molar refractivity (Wildman–Crippen MR) is 102 cm³/mol. The summed E-state index contributed by atoms with van der Waals surface area (Å²) in [5.41, 5.74) is 3.54. The van der Waals surface area contributed by atoms with Gasteiger partial charge in [-0.25, -0.2) is 17.6 Å². The van der Waals surface area contributed by atoms with Crippen molar-refractivity contribution in [2.75, 3.05) is 16.4 Å². The molecule has 2 amide bonds. The molecular weight excluding hydrogens is 367 g/mol. The molecule has 2 aliphatic rings. The molecule has 5 nitrogen and oxygen atoms in total. The maximum atomic E-state index is 13.2. The molecule has 0 unspecified atom stereocenters. The molecule has 27 heavy (non-hydrogen) atoms. The number of halogens is 1. The van der Waals surface area contributed by atoms with Crippen LogP contribution >= 0.6 is 0 Å². The van der Waals surface area contributed by atoms with E-state index in [1.807, 2.05) is 32.0 Å². The highest BCUT2D eigenvalue weighted by Crippen LogP contribution is 2.36. The third-order valence-electron chi connectivity index (χ3n) is 5.23. The Bertz CT molecular complexity index is 984. The third-order valence-corrected chi connectivity index (χ3v) is 6.93. The molecule has 2 atom stereocenters. The van der Waals surface area contributed by atoms with Crippen molar-refractivity contribution in [3.05, 3.63) is 65.0 Å². The van der Waals surface area contributed by atoms with Crippen LogP contribution in [0.3, 0.4) is 0 Å². The number of carbonyl (C=O) groups is 1. The molecule has 0 N–H and O–H groups in total. The molecule has 0 aromatic heterocycles. The molecule has 0 spiro atoms. The number of hydrogen-bond acceptors (Lipinski definition) is 3. The molecule has 2 aromatic carbocycles. The highest BCUT2D eigenvalue weighted by Gasteiger charge is 2.53. The third kappa shape index (κ3) is 3.32. The topological polar surface area (TPSA) is 57.7 Å². The highest BCUT2D eigenvalue weighted by atomic mass is 32.2. The highest BCUT2D eigenvalue weighted by molar-refractivity contribution is 7.91. The Labute approximate surface area is 158 Å². The van der Waals surface area contributed by atoms with Crippen molar-refractivity contribution in [2.24, 2.45) is 0 Å². The number of aryl methyl sites for hydroxylation is 2. The van der Waals surface area contributed by atoms with Crippen molar-refractivity contribution in [2.45, 2.75) is 32.5 Å². The Kier molecular flexibility index (Phi) is 4.22. The maximum Gasteiger partial charge on any atom is 0.325 e. The molecule has 0 aliphatic carbocycles. The second-order valence-electron chi connectivity index (χ2n) is 7.46. The van der Waals surface area contributed by atoms with Crippen molar-refractivity contribution in [3.63, 3.8) is 0 Å². The number of urea groups is 1. The minimum atomic E-state index is -3.22. The molecule has 7 heteroatoms. The van der Waals surface area contributed by atoms with E-state index in [-0.39, 0.29) is 29.9 Å². The van der Waals surface area contributed by atoms with Gasteiger partial charge in [-0.15, -0.1) is 0 Å². The fourth-order valence-electron chi connectivity index (χ4n) is 4.14. The van der Waals surface area contributed by atoms with Gasteiger partial charge in [0, 0.05) is 12.2 Å². The van der Waals surface area contributed by atoms with Crippen molar-refractivity contribution >= 4 is 21.6 Å². The quantitative estimate of drug-likeness (QED) is 0.760. The average molecular weight is 388 g/mol. The van der Waals surface area contributed by atoms with Crippen molar-refractivity contribution in [1.29, 1.82) is 0 Å². The molecule has 4 rings (SSSR count). The monoisotopic (exact) mass is 388 g/mol. The van der Waals surface area contributed by atoms with Gasteiger partial charge in [0.2, 0.25) is 0 Å². The van der Waals surface area contributed by atoms with Crippen LogP contribution in [0.1, 0.15) is 16.7 Å². The van der Waals surface area contributed by atoms with E-state index in [0.717, 1.165) is 22.4 Å². The van der Waals surface area contributed by atoms with Crippen LogP contribution in [-0.2, 0) is 16.4 Å². The Balaban J connectivity index is 1.72. The summed E-state index contributed by atoms with van der Waals surface area (Å²) in [6.07, 6.45) is 0. The summed E-state index contributed by atoms with van der Waals surface area (Å²) in [4.78, 5) is 16.4. The lowest BCUT2D eigenvalue weighted by molar-refractivity contribution is 0.206. The number of fused-ring (bicyclic) bond motifs is 1. The van der Waals surface area contributed by atoms with Crippen LogP contribution in [0.4, 0.5) is 14.9 Å². The summed E-state index contributed by atoms with van der Waals surface area (Å²) in [6, 6.07) is 10.8. The van der Waals surface area contributed by atoms with Gasteiger partial charge in [-0.05, 0) is 54.8 Å². The number of sulfone groups is 1. The van der Waals surface area contributed by atoms with E-state index in [9.17, 15) is 17.6 Å². The van der Waals surface area contributed by atoms with Crippen LogP contribution in [0.25, 0.3) is 0 Å². The first-order valence-electron chi connectivity index (χ1n) is 8.86. The van der Waals surface area contributed by atoms with Crippen LogP contribution in [0.15, 0.2) is 42.5 Å². The largest absolute Gasteiger partial charge is 0.325 e. The van der Waals surface area contributed by atoms with Gasteiger partial charge < -0.3 is 4.90 Å². The van der Waals surface area contributed by atoms with Crippen molar-refractivity contribution in [1.82, 2.24) is 4.90 Å². The number of anilines is 1. The van der Waals surface area contributed by atoms with Gasteiger partial charge in [0.15, 0.2) is 9.84 Å². The number of rotatable bonds is 3. The Morgan fingerprint density at radius 3 is 2.22 bits per heavy atom. The fourth-order valence-corrected chi connectivity index (χ4v) is 6.09. The number of amides is 2. The van der Waals surface area contributed by atoms with E-state index in [1.165, 1.54) is 12.1 Å². The fraction of sp³-hybridized carbons (Fsp3) is 0.350. The lowest BCUT2D eigenvalue weighted by Gasteiger charge is -2.23. The zero-order valence-corrected chi connectivity index (χ0v) is 16.0. The molecule has 0 radical (unpaired) electrons. The van der Waals surface area contributed by atoms with Gasteiger partial charge in [-0.1, -0.05) is 18.2 Å². The zero-order valence-electron chi connectivity index (χ0n) is 15.2. The standard InChI is InChI=1S/C20H21FN2O3S/c1-13-7-14(2)9-17(8-13)23-19-12-27(25,26)11-18(19)22(20(23)24)10-15-3-5-16(21)6-4-15/h3-9,18-19H,10-12H2,1-2H3/t18-,19-/m0/s1. The molecule has 0 saturated carbocycles. The number of benzene rings is 2. The minimum Gasteiger partial charge on any atom is -0.314 e. The summed E-state index contributed by atoms with van der Waals surface area (Å²) in [6.45, 7) is 4.17. The number of carbonyl (C=O) groups excluding carboxylic acids is 1. The van der Waals surface area contributed by atoms with Crippen LogP contribution < -0.4 is 4.90 Å². The Hall–Kier alpha value is -2.41. The molecule has 2 aromatic rings. The first kappa shape index (κ1) is 18.0. The van der Waals surface area contributed by atoms with E-state index in [4.69, 9.17) is 0 Å². The normalized spacial score (nSPS) is 23.7.